The van der Waals surface area contributed by atoms with E-state index in [1.165, 1.54) is 24.0 Å². The van der Waals surface area contributed by atoms with Gasteiger partial charge in [0.2, 0.25) is 0 Å². The van der Waals surface area contributed by atoms with Crippen LogP contribution in [0.2, 0.25) is 0 Å². The van der Waals surface area contributed by atoms with Gasteiger partial charge in [-0.3, -0.25) is 0 Å². The maximum absolute atomic E-state index is 5.51. The van der Waals surface area contributed by atoms with Crippen LogP contribution in [0.3, 0.4) is 0 Å². The Hall–Kier alpha value is -1.09. The van der Waals surface area contributed by atoms with Crippen LogP contribution in [0.1, 0.15) is 30.9 Å². The monoisotopic (exact) mass is 262 g/mol. The van der Waals surface area contributed by atoms with Crippen LogP contribution < -0.4 is 5.32 Å². The SMILES string of the molecule is Cc1ccc(C)c(NC(=S)N2CCC(C)CC2)c1. The molecule has 0 bridgehead atoms. The number of aryl methyl sites for hydroxylation is 2. The summed E-state index contributed by atoms with van der Waals surface area (Å²) in [6.07, 6.45) is 2.49. The normalized spacial score (nSPS) is 16.7. The highest BCUT2D eigenvalue weighted by atomic mass is 32.1. The van der Waals surface area contributed by atoms with Gasteiger partial charge in [0.05, 0.1) is 0 Å². The molecule has 0 spiro atoms. The van der Waals surface area contributed by atoms with Gasteiger partial charge in [-0.1, -0.05) is 19.1 Å². The Kier molecular flexibility index (Phi) is 4.23. The Balaban J connectivity index is 2.00. The van der Waals surface area contributed by atoms with Crippen LogP contribution >= 0.6 is 12.2 Å². The minimum atomic E-state index is 0.838. The van der Waals surface area contributed by atoms with Gasteiger partial charge in [0.15, 0.2) is 5.11 Å². The number of likely N-dealkylation sites (tertiary alicyclic amines) is 1. The molecule has 1 N–H and O–H groups in total. The van der Waals surface area contributed by atoms with Gasteiger partial charge in [0.1, 0.15) is 0 Å². The molecule has 1 heterocycles. The number of nitrogens with zero attached hydrogens (tertiary/aromatic N) is 1. The van der Waals surface area contributed by atoms with E-state index in [9.17, 15) is 0 Å². The molecule has 0 saturated carbocycles. The fourth-order valence-corrected chi connectivity index (χ4v) is 2.57. The molecule has 2 nitrogen and oxygen atoms in total. The number of anilines is 1. The number of thiocarbonyl (C=S) groups is 1. The Bertz CT molecular complexity index is 434. The molecule has 1 aliphatic heterocycles. The quantitative estimate of drug-likeness (QED) is 0.776. The Morgan fingerprint density at radius 2 is 1.94 bits per heavy atom. The van der Waals surface area contributed by atoms with Crippen molar-refractivity contribution in [1.82, 2.24) is 4.90 Å². The molecule has 18 heavy (non-hydrogen) atoms. The minimum absolute atomic E-state index is 0.838. The molecule has 2 rings (SSSR count). The van der Waals surface area contributed by atoms with Crippen LogP contribution in [0.15, 0.2) is 18.2 Å². The van der Waals surface area contributed by atoms with Crippen molar-refractivity contribution < 1.29 is 0 Å². The molecule has 1 saturated heterocycles. The highest BCUT2D eigenvalue weighted by Crippen LogP contribution is 2.20. The minimum Gasteiger partial charge on any atom is -0.349 e. The first-order valence-corrected chi connectivity index (χ1v) is 7.10. The second-order valence-electron chi connectivity index (χ2n) is 5.42. The summed E-state index contributed by atoms with van der Waals surface area (Å²) in [5.41, 5.74) is 3.64. The van der Waals surface area contributed by atoms with Crippen molar-refractivity contribution in [1.29, 1.82) is 0 Å². The lowest BCUT2D eigenvalue weighted by Crippen LogP contribution is -2.40. The van der Waals surface area contributed by atoms with Gasteiger partial charge < -0.3 is 10.2 Å². The largest absolute Gasteiger partial charge is 0.349 e. The first-order valence-electron chi connectivity index (χ1n) is 6.69. The van der Waals surface area contributed by atoms with Crippen molar-refractivity contribution in [2.75, 3.05) is 18.4 Å². The maximum Gasteiger partial charge on any atom is 0.173 e. The van der Waals surface area contributed by atoms with E-state index >= 15 is 0 Å². The molecule has 0 aliphatic carbocycles. The van der Waals surface area contributed by atoms with E-state index in [4.69, 9.17) is 12.2 Å². The summed E-state index contributed by atoms with van der Waals surface area (Å²) in [7, 11) is 0. The zero-order valence-corrected chi connectivity index (χ0v) is 12.3. The van der Waals surface area contributed by atoms with Crippen LogP contribution in [0, 0.1) is 19.8 Å². The Morgan fingerprint density at radius 1 is 1.28 bits per heavy atom. The van der Waals surface area contributed by atoms with Gasteiger partial charge in [-0.2, -0.15) is 0 Å². The summed E-state index contributed by atoms with van der Waals surface area (Å²) in [5.74, 6) is 0.838. The van der Waals surface area contributed by atoms with Gasteiger partial charge in [-0.15, -0.1) is 0 Å². The van der Waals surface area contributed by atoms with E-state index < -0.39 is 0 Å². The van der Waals surface area contributed by atoms with E-state index in [0.29, 0.717) is 0 Å². The number of nitrogens with one attached hydrogen (secondary N) is 1. The van der Waals surface area contributed by atoms with E-state index in [2.05, 4.69) is 49.2 Å². The average molecular weight is 262 g/mol. The molecule has 1 aromatic carbocycles. The van der Waals surface area contributed by atoms with Gasteiger partial charge in [0, 0.05) is 18.8 Å². The zero-order valence-electron chi connectivity index (χ0n) is 11.5. The average Bonchev–Trinajstić information content (AvgIpc) is 2.34. The van der Waals surface area contributed by atoms with Crippen LogP contribution in [0.5, 0.6) is 0 Å². The van der Waals surface area contributed by atoms with Crippen molar-refractivity contribution in [3.8, 4) is 0 Å². The van der Waals surface area contributed by atoms with Gasteiger partial charge >= 0.3 is 0 Å². The van der Waals surface area contributed by atoms with Gasteiger partial charge in [-0.25, -0.2) is 0 Å². The van der Waals surface area contributed by atoms with Crippen LogP contribution in [-0.2, 0) is 0 Å². The first-order chi connectivity index (χ1) is 8.56. The third-order valence-corrected chi connectivity index (χ3v) is 4.07. The van der Waals surface area contributed by atoms with E-state index in [-0.39, 0.29) is 0 Å². The molecule has 1 aromatic rings. The van der Waals surface area contributed by atoms with Crippen molar-refractivity contribution in [3.05, 3.63) is 29.3 Å². The third-order valence-electron chi connectivity index (χ3n) is 3.71. The summed E-state index contributed by atoms with van der Waals surface area (Å²) in [6, 6.07) is 6.43. The van der Waals surface area contributed by atoms with Crippen molar-refractivity contribution >= 4 is 23.0 Å². The second-order valence-corrected chi connectivity index (χ2v) is 5.80. The number of hydrogen-bond donors (Lipinski definition) is 1. The first kappa shape index (κ1) is 13.3. The zero-order chi connectivity index (χ0) is 13.1. The molecule has 3 heteroatoms. The predicted molar refractivity (Wildman–Crippen MR) is 82.1 cm³/mol. The standard InChI is InChI=1S/C15H22N2S/c1-11-6-8-17(9-7-11)15(18)16-14-10-12(2)4-5-13(14)3/h4-5,10-11H,6-9H2,1-3H3,(H,16,18). The third kappa shape index (κ3) is 3.22. The second kappa shape index (κ2) is 5.70. The molecular weight excluding hydrogens is 240 g/mol. The van der Waals surface area contributed by atoms with E-state index in [0.717, 1.165) is 29.8 Å². The maximum atomic E-state index is 5.51. The summed E-state index contributed by atoms with van der Waals surface area (Å²) in [6.45, 7) is 8.70. The fraction of sp³-hybridized carbons (Fsp3) is 0.533. The molecule has 0 aromatic heterocycles. The smallest absolute Gasteiger partial charge is 0.173 e. The predicted octanol–water partition coefficient (Wildman–Crippen LogP) is 3.73. The van der Waals surface area contributed by atoms with E-state index in [1.807, 2.05) is 0 Å². The molecule has 0 unspecified atom stereocenters. The Morgan fingerprint density at radius 3 is 2.61 bits per heavy atom. The van der Waals surface area contributed by atoms with Crippen LogP contribution in [0.4, 0.5) is 5.69 Å². The Labute approximate surface area is 115 Å². The fourth-order valence-electron chi connectivity index (χ4n) is 2.28. The van der Waals surface area contributed by atoms with E-state index in [1.54, 1.807) is 0 Å². The summed E-state index contributed by atoms with van der Waals surface area (Å²) in [5, 5.41) is 4.26. The summed E-state index contributed by atoms with van der Waals surface area (Å²) < 4.78 is 0. The number of rotatable bonds is 1. The van der Waals surface area contributed by atoms with Crippen LogP contribution in [0.25, 0.3) is 0 Å². The van der Waals surface area contributed by atoms with Crippen molar-refractivity contribution in [2.45, 2.75) is 33.6 Å². The van der Waals surface area contributed by atoms with Crippen LogP contribution in [-0.4, -0.2) is 23.1 Å². The number of benzene rings is 1. The van der Waals surface area contributed by atoms with Crippen molar-refractivity contribution in [3.63, 3.8) is 0 Å². The van der Waals surface area contributed by atoms with Gasteiger partial charge in [-0.05, 0) is 62.0 Å². The lowest BCUT2D eigenvalue weighted by atomic mass is 10.00. The lowest BCUT2D eigenvalue weighted by molar-refractivity contribution is 0.283. The molecule has 1 fully saturated rings. The number of hydrogen-bond acceptors (Lipinski definition) is 1. The van der Waals surface area contributed by atoms with Crippen molar-refractivity contribution in [2.24, 2.45) is 5.92 Å². The highest BCUT2D eigenvalue weighted by Gasteiger charge is 2.18. The molecule has 0 amide bonds. The molecule has 98 valence electrons. The summed E-state index contributed by atoms with van der Waals surface area (Å²) >= 11 is 5.51. The summed E-state index contributed by atoms with van der Waals surface area (Å²) in [4.78, 5) is 2.29. The van der Waals surface area contributed by atoms with Gasteiger partial charge in [0.25, 0.3) is 0 Å². The lowest BCUT2D eigenvalue weighted by Gasteiger charge is -2.32. The molecular formula is C15H22N2S. The topological polar surface area (TPSA) is 15.3 Å². The molecule has 0 atom stereocenters. The number of piperidine rings is 1. The molecule has 0 radical (unpaired) electrons. The highest BCUT2D eigenvalue weighted by molar-refractivity contribution is 7.80. The molecule has 1 aliphatic rings.